The van der Waals surface area contributed by atoms with E-state index in [-0.39, 0.29) is 5.91 Å². The summed E-state index contributed by atoms with van der Waals surface area (Å²) >= 11 is 5.04. The Balaban J connectivity index is 1.28. The van der Waals surface area contributed by atoms with E-state index in [0.29, 0.717) is 18.7 Å². The molecule has 4 heterocycles. The third-order valence-electron chi connectivity index (χ3n) is 5.03. The monoisotopic (exact) mass is 468 g/mol. The summed E-state index contributed by atoms with van der Waals surface area (Å²) in [5.74, 6) is 0.961. The number of carbonyl (C=O) groups excluding carboxylic acids is 1. The van der Waals surface area contributed by atoms with Crippen LogP contribution in [0.2, 0.25) is 0 Å². The largest absolute Gasteiger partial charge is 0.352 e. The maximum absolute atomic E-state index is 12.9. The fourth-order valence-electron chi connectivity index (χ4n) is 3.50. The number of aromatic nitrogens is 4. The van der Waals surface area contributed by atoms with Gasteiger partial charge < -0.3 is 9.80 Å². The lowest BCUT2D eigenvalue weighted by molar-refractivity contribution is 0.0746. The molecule has 1 aliphatic rings. The molecule has 0 N–H and O–H groups in total. The van der Waals surface area contributed by atoms with Gasteiger partial charge in [0.2, 0.25) is 0 Å². The second kappa shape index (κ2) is 7.57. The van der Waals surface area contributed by atoms with Crippen LogP contribution in [0.1, 0.15) is 10.4 Å². The highest BCUT2D eigenvalue weighted by atomic mass is 79.9. The number of benzene rings is 1. The van der Waals surface area contributed by atoms with Gasteiger partial charge in [-0.2, -0.15) is 5.10 Å². The smallest absolute Gasteiger partial charge is 0.257 e. The first-order chi connectivity index (χ1) is 14.2. The molecule has 1 saturated heterocycles. The lowest BCUT2D eigenvalue weighted by Crippen LogP contribution is -2.49. The van der Waals surface area contributed by atoms with Gasteiger partial charge in [0.25, 0.3) is 5.91 Å². The lowest BCUT2D eigenvalue weighted by atomic mass is 10.2. The maximum atomic E-state index is 12.9. The van der Waals surface area contributed by atoms with E-state index in [2.05, 4.69) is 42.0 Å². The molecule has 5 rings (SSSR count). The zero-order chi connectivity index (χ0) is 19.8. The number of hydrogen-bond donors (Lipinski definition) is 0. The summed E-state index contributed by atoms with van der Waals surface area (Å²) in [6.45, 7) is 2.79. The third-order valence-corrected chi connectivity index (χ3v) is 6.38. The van der Waals surface area contributed by atoms with E-state index in [4.69, 9.17) is 0 Å². The maximum Gasteiger partial charge on any atom is 0.257 e. The summed E-state index contributed by atoms with van der Waals surface area (Å²) in [7, 11) is 0. The molecule has 0 saturated carbocycles. The van der Waals surface area contributed by atoms with Crippen molar-refractivity contribution in [3.63, 3.8) is 0 Å². The predicted molar refractivity (Wildman–Crippen MR) is 117 cm³/mol. The van der Waals surface area contributed by atoms with Crippen LogP contribution in [-0.4, -0.2) is 56.7 Å². The SMILES string of the molecule is O=C(c1cnn(-c2ccc(Br)cc2)c1)N1CCN(c2ncnc3sccc23)CC1. The van der Waals surface area contributed by atoms with Crippen LogP contribution >= 0.6 is 27.3 Å². The Labute approximate surface area is 179 Å². The molecule has 1 amide bonds. The van der Waals surface area contributed by atoms with Crippen molar-refractivity contribution in [3.05, 3.63) is 64.5 Å². The Morgan fingerprint density at radius 1 is 1.03 bits per heavy atom. The number of halogens is 1. The summed E-state index contributed by atoms with van der Waals surface area (Å²) in [6, 6.07) is 9.88. The molecule has 1 fully saturated rings. The van der Waals surface area contributed by atoms with Gasteiger partial charge in [-0.1, -0.05) is 15.9 Å². The Hall–Kier alpha value is -2.78. The molecule has 4 aromatic rings. The molecule has 9 heteroatoms. The molecule has 7 nitrogen and oxygen atoms in total. The summed E-state index contributed by atoms with van der Waals surface area (Å²) in [4.78, 5) is 26.8. The van der Waals surface area contributed by atoms with Crippen molar-refractivity contribution >= 4 is 49.2 Å². The highest BCUT2D eigenvalue weighted by Gasteiger charge is 2.25. The van der Waals surface area contributed by atoms with E-state index < -0.39 is 0 Å². The van der Waals surface area contributed by atoms with Gasteiger partial charge in [0, 0.05) is 36.8 Å². The Bertz CT molecular complexity index is 1160. The van der Waals surface area contributed by atoms with Crippen LogP contribution in [0.15, 0.2) is 58.9 Å². The molecule has 0 unspecified atom stereocenters. The molecule has 3 aromatic heterocycles. The van der Waals surface area contributed by atoms with E-state index in [1.807, 2.05) is 34.5 Å². The number of nitrogens with zero attached hydrogens (tertiary/aromatic N) is 6. The number of amides is 1. The van der Waals surface area contributed by atoms with Crippen LogP contribution in [0.4, 0.5) is 5.82 Å². The van der Waals surface area contributed by atoms with E-state index in [0.717, 1.165) is 39.3 Å². The number of carbonyl (C=O) groups is 1. The van der Waals surface area contributed by atoms with Crippen molar-refractivity contribution in [3.8, 4) is 5.69 Å². The number of rotatable bonds is 3. The first-order valence-corrected chi connectivity index (χ1v) is 10.9. The number of anilines is 1. The molecule has 0 radical (unpaired) electrons. The third kappa shape index (κ3) is 3.51. The Morgan fingerprint density at radius 2 is 1.83 bits per heavy atom. The van der Waals surface area contributed by atoms with Crippen LogP contribution in [-0.2, 0) is 0 Å². The molecule has 0 atom stereocenters. The van der Waals surface area contributed by atoms with Gasteiger partial charge in [0.05, 0.1) is 22.8 Å². The van der Waals surface area contributed by atoms with Crippen LogP contribution < -0.4 is 4.90 Å². The zero-order valence-corrected chi connectivity index (χ0v) is 17.8. The minimum Gasteiger partial charge on any atom is -0.352 e. The number of fused-ring (bicyclic) bond motifs is 1. The van der Waals surface area contributed by atoms with Crippen LogP contribution in [0.3, 0.4) is 0 Å². The summed E-state index contributed by atoms with van der Waals surface area (Å²) in [5.41, 5.74) is 1.52. The average Bonchev–Trinajstić information content (AvgIpc) is 3.43. The Morgan fingerprint density at radius 3 is 2.62 bits per heavy atom. The summed E-state index contributed by atoms with van der Waals surface area (Å²) < 4.78 is 2.73. The van der Waals surface area contributed by atoms with Crippen molar-refractivity contribution in [1.82, 2.24) is 24.6 Å². The van der Waals surface area contributed by atoms with Crippen molar-refractivity contribution in [1.29, 1.82) is 0 Å². The van der Waals surface area contributed by atoms with Gasteiger partial charge in [-0.3, -0.25) is 4.79 Å². The van der Waals surface area contributed by atoms with Crippen LogP contribution in [0.25, 0.3) is 15.9 Å². The minimum atomic E-state index is 0.0105. The highest BCUT2D eigenvalue weighted by Crippen LogP contribution is 2.27. The molecule has 0 spiro atoms. The second-order valence-corrected chi connectivity index (χ2v) is 8.58. The molecule has 1 aliphatic heterocycles. The average molecular weight is 469 g/mol. The van der Waals surface area contributed by atoms with Crippen molar-refractivity contribution in [2.24, 2.45) is 0 Å². The molecule has 146 valence electrons. The number of hydrogen-bond acceptors (Lipinski definition) is 6. The highest BCUT2D eigenvalue weighted by molar-refractivity contribution is 9.10. The first-order valence-electron chi connectivity index (χ1n) is 9.22. The van der Waals surface area contributed by atoms with E-state index >= 15 is 0 Å². The number of thiophene rings is 1. The van der Waals surface area contributed by atoms with Crippen molar-refractivity contribution < 1.29 is 4.79 Å². The van der Waals surface area contributed by atoms with Gasteiger partial charge in [-0.15, -0.1) is 11.3 Å². The normalized spacial score (nSPS) is 14.5. The standard InChI is InChI=1S/C20H17BrN6OS/c21-15-1-3-16(4-2-15)27-12-14(11-24-27)20(28)26-8-6-25(7-9-26)18-17-5-10-29-19(17)23-13-22-18/h1-5,10-13H,6-9H2. The van der Waals surface area contributed by atoms with Crippen LogP contribution in [0, 0.1) is 0 Å². The molecule has 29 heavy (non-hydrogen) atoms. The summed E-state index contributed by atoms with van der Waals surface area (Å²) in [6.07, 6.45) is 5.04. The minimum absolute atomic E-state index is 0.0105. The zero-order valence-electron chi connectivity index (χ0n) is 15.4. The van der Waals surface area contributed by atoms with Gasteiger partial charge in [0.1, 0.15) is 17.0 Å². The molecule has 0 aliphatic carbocycles. The predicted octanol–water partition coefficient (Wildman–Crippen LogP) is 3.60. The van der Waals surface area contributed by atoms with Crippen LogP contribution in [0.5, 0.6) is 0 Å². The molecule has 0 bridgehead atoms. The van der Waals surface area contributed by atoms with E-state index in [1.54, 1.807) is 34.7 Å². The second-order valence-electron chi connectivity index (χ2n) is 6.77. The fraction of sp³-hybridized carbons (Fsp3) is 0.200. The van der Waals surface area contributed by atoms with Gasteiger partial charge in [0.15, 0.2) is 0 Å². The molecule has 1 aromatic carbocycles. The lowest BCUT2D eigenvalue weighted by Gasteiger charge is -2.35. The first kappa shape index (κ1) is 18.3. The molecular formula is C20H17BrN6OS. The quantitative estimate of drug-likeness (QED) is 0.459. The van der Waals surface area contributed by atoms with Gasteiger partial charge >= 0.3 is 0 Å². The fourth-order valence-corrected chi connectivity index (χ4v) is 4.49. The van der Waals surface area contributed by atoms with Crippen molar-refractivity contribution in [2.75, 3.05) is 31.1 Å². The van der Waals surface area contributed by atoms with E-state index in [9.17, 15) is 4.79 Å². The summed E-state index contributed by atoms with van der Waals surface area (Å²) in [5, 5.41) is 7.46. The number of piperazine rings is 1. The van der Waals surface area contributed by atoms with Gasteiger partial charge in [-0.05, 0) is 35.7 Å². The van der Waals surface area contributed by atoms with Crippen molar-refractivity contribution in [2.45, 2.75) is 0 Å². The van der Waals surface area contributed by atoms with E-state index in [1.165, 1.54) is 0 Å². The molecular weight excluding hydrogens is 452 g/mol. The Kier molecular flexibility index (Phi) is 4.76. The van der Waals surface area contributed by atoms with Gasteiger partial charge in [-0.25, -0.2) is 14.6 Å². The topological polar surface area (TPSA) is 67.2 Å².